The normalized spacial score (nSPS) is 11.0. The number of hydrogen-bond donors (Lipinski definition) is 1. The molecule has 0 spiro atoms. The smallest absolute Gasteiger partial charge is 0.200 e. The molecule has 0 aliphatic carbocycles. The molecule has 0 unspecified atom stereocenters. The fourth-order valence-electron chi connectivity index (χ4n) is 2.41. The van der Waals surface area contributed by atoms with Crippen LogP contribution in [0.4, 0.5) is 0 Å². The monoisotopic (exact) mass is 275 g/mol. The number of nitrogens with one attached hydrogen (secondary N) is 1. The van der Waals surface area contributed by atoms with Crippen LogP contribution in [0, 0.1) is 0 Å². The summed E-state index contributed by atoms with van der Waals surface area (Å²) in [5.41, 5.74) is 4.72. The molecule has 5 nitrogen and oxygen atoms in total. The van der Waals surface area contributed by atoms with Gasteiger partial charge in [-0.1, -0.05) is 65.9 Å². The molecule has 4 aromatic rings. The van der Waals surface area contributed by atoms with Gasteiger partial charge in [0.15, 0.2) is 5.52 Å². The van der Waals surface area contributed by atoms with Gasteiger partial charge in [-0.3, -0.25) is 5.10 Å². The average molecular weight is 275 g/mol. The molecule has 2 heterocycles. The fourth-order valence-corrected chi connectivity index (χ4v) is 2.41. The van der Waals surface area contributed by atoms with Crippen LogP contribution in [0.3, 0.4) is 0 Å². The second-order valence-electron chi connectivity index (χ2n) is 4.87. The molecule has 0 bridgehead atoms. The number of benzene rings is 2. The first-order valence-electron chi connectivity index (χ1n) is 6.79. The van der Waals surface area contributed by atoms with Crippen molar-refractivity contribution in [2.45, 2.75) is 6.54 Å². The molecule has 5 heteroatoms. The van der Waals surface area contributed by atoms with Gasteiger partial charge in [0.2, 0.25) is 5.65 Å². The van der Waals surface area contributed by atoms with Crippen LogP contribution in [0.25, 0.3) is 22.4 Å². The first-order valence-corrected chi connectivity index (χ1v) is 6.79. The highest BCUT2D eigenvalue weighted by molar-refractivity contribution is 5.87. The highest BCUT2D eigenvalue weighted by Crippen LogP contribution is 2.24. The van der Waals surface area contributed by atoms with E-state index >= 15 is 0 Å². The lowest BCUT2D eigenvalue weighted by atomic mass is 10.1. The van der Waals surface area contributed by atoms with E-state index in [1.165, 1.54) is 5.56 Å². The number of aromatic amines is 1. The molecule has 21 heavy (non-hydrogen) atoms. The molecule has 0 atom stereocenters. The molecular weight excluding hydrogens is 262 g/mol. The number of hydrogen-bond acceptors (Lipinski definition) is 3. The minimum absolute atomic E-state index is 0.663. The van der Waals surface area contributed by atoms with Crippen molar-refractivity contribution in [1.82, 2.24) is 25.2 Å². The molecule has 1 N–H and O–H groups in total. The molecule has 0 aliphatic rings. The summed E-state index contributed by atoms with van der Waals surface area (Å²) in [7, 11) is 0. The van der Waals surface area contributed by atoms with E-state index in [1.807, 2.05) is 53.2 Å². The summed E-state index contributed by atoms with van der Waals surface area (Å²) >= 11 is 0. The summed E-state index contributed by atoms with van der Waals surface area (Å²) in [4.78, 5) is 0. The van der Waals surface area contributed by atoms with Gasteiger partial charge in [0.05, 0.1) is 12.2 Å². The van der Waals surface area contributed by atoms with Gasteiger partial charge in [-0.25, -0.2) is 4.68 Å². The minimum atomic E-state index is 0.663. The van der Waals surface area contributed by atoms with E-state index in [-0.39, 0.29) is 0 Å². The van der Waals surface area contributed by atoms with Crippen LogP contribution >= 0.6 is 0 Å². The van der Waals surface area contributed by atoms with E-state index in [0.717, 1.165) is 22.4 Å². The fraction of sp³-hybridized carbons (Fsp3) is 0.0625. The third-order valence-electron chi connectivity index (χ3n) is 3.46. The van der Waals surface area contributed by atoms with Crippen LogP contribution in [0.15, 0.2) is 60.7 Å². The van der Waals surface area contributed by atoms with Crippen molar-refractivity contribution in [2.75, 3.05) is 0 Å². The zero-order valence-corrected chi connectivity index (χ0v) is 11.3. The van der Waals surface area contributed by atoms with Crippen LogP contribution in [-0.4, -0.2) is 25.2 Å². The SMILES string of the molecule is c1ccc(Cn2nnc3c(-c4ccccc4)[nH]nc32)cc1. The van der Waals surface area contributed by atoms with Gasteiger partial charge >= 0.3 is 0 Å². The summed E-state index contributed by atoms with van der Waals surface area (Å²) in [6.45, 7) is 0.663. The number of H-pyrrole nitrogens is 1. The zero-order valence-electron chi connectivity index (χ0n) is 11.3. The van der Waals surface area contributed by atoms with Crippen molar-refractivity contribution in [1.29, 1.82) is 0 Å². The summed E-state index contributed by atoms with van der Waals surface area (Å²) in [5, 5.41) is 15.9. The summed E-state index contributed by atoms with van der Waals surface area (Å²) in [6, 6.07) is 20.2. The molecule has 0 fully saturated rings. The highest BCUT2D eigenvalue weighted by atomic mass is 15.5. The van der Waals surface area contributed by atoms with Crippen molar-refractivity contribution in [3.8, 4) is 11.3 Å². The van der Waals surface area contributed by atoms with E-state index in [1.54, 1.807) is 0 Å². The lowest BCUT2D eigenvalue weighted by Gasteiger charge is -1.99. The van der Waals surface area contributed by atoms with Crippen molar-refractivity contribution < 1.29 is 0 Å². The lowest BCUT2D eigenvalue weighted by Crippen LogP contribution is -2.02. The summed E-state index contributed by atoms with van der Waals surface area (Å²) in [6.07, 6.45) is 0. The highest BCUT2D eigenvalue weighted by Gasteiger charge is 2.14. The molecule has 0 amide bonds. The molecular formula is C16H13N5. The summed E-state index contributed by atoms with van der Waals surface area (Å²) < 4.78 is 1.81. The molecule has 102 valence electrons. The van der Waals surface area contributed by atoms with E-state index in [9.17, 15) is 0 Å². The second-order valence-corrected chi connectivity index (χ2v) is 4.87. The Balaban J connectivity index is 1.75. The van der Waals surface area contributed by atoms with Gasteiger partial charge in [0.1, 0.15) is 0 Å². The Morgan fingerprint density at radius 1 is 0.905 bits per heavy atom. The Morgan fingerprint density at radius 2 is 1.62 bits per heavy atom. The molecule has 0 radical (unpaired) electrons. The molecule has 2 aromatic carbocycles. The van der Waals surface area contributed by atoms with E-state index < -0.39 is 0 Å². The lowest BCUT2D eigenvalue weighted by molar-refractivity contribution is 0.660. The Bertz CT molecular complexity index is 861. The van der Waals surface area contributed by atoms with Gasteiger partial charge in [-0.15, -0.1) is 5.10 Å². The molecule has 2 aromatic heterocycles. The van der Waals surface area contributed by atoms with Crippen LogP contribution in [0.5, 0.6) is 0 Å². The van der Waals surface area contributed by atoms with Crippen LogP contribution in [0.2, 0.25) is 0 Å². The maximum absolute atomic E-state index is 4.36. The number of aromatic nitrogens is 5. The van der Waals surface area contributed by atoms with Crippen molar-refractivity contribution in [3.63, 3.8) is 0 Å². The van der Waals surface area contributed by atoms with Crippen LogP contribution in [0.1, 0.15) is 5.56 Å². The average Bonchev–Trinajstić information content (AvgIpc) is 3.12. The second kappa shape index (κ2) is 4.86. The standard InChI is InChI=1S/C16H13N5/c1-3-7-12(8-4-1)11-21-16-15(18-20-21)14(17-19-16)13-9-5-2-6-10-13/h1-10H,11H2,(H,17,19). The van der Waals surface area contributed by atoms with Crippen molar-refractivity contribution in [2.24, 2.45) is 0 Å². The summed E-state index contributed by atoms with van der Waals surface area (Å²) in [5.74, 6) is 0. The maximum atomic E-state index is 4.36. The van der Waals surface area contributed by atoms with Crippen molar-refractivity contribution >= 4 is 11.2 Å². The topological polar surface area (TPSA) is 59.4 Å². The quantitative estimate of drug-likeness (QED) is 0.625. The zero-order chi connectivity index (χ0) is 14.1. The van der Waals surface area contributed by atoms with Gasteiger partial charge in [-0.2, -0.15) is 5.10 Å². The molecule has 4 rings (SSSR count). The Morgan fingerprint density at radius 3 is 2.38 bits per heavy atom. The molecule has 0 aliphatic heterocycles. The molecule has 0 saturated carbocycles. The third kappa shape index (κ3) is 2.08. The minimum Gasteiger partial charge on any atom is -0.273 e. The Hall–Kier alpha value is -2.95. The van der Waals surface area contributed by atoms with E-state index in [0.29, 0.717) is 6.54 Å². The van der Waals surface area contributed by atoms with Gasteiger partial charge in [0.25, 0.3) is 0 Å². The first-order chi connectivity index (χ1) is 10.4. The van der Waals surface area contributed by atoms with Crippen LogP contribution in [-0.2, 0) is 6.54 Å². The Labute approximate surface area is 121 Å². The number of nitrogens with zero attached hydrogens (tertiary/aromatic N) is 4. The Kier molecular flexibility index (Phi) is 2.74. The maximum Gasteiger partial charge on any atom is 0.200 e. The van der Waals surface area contributed by atoms with Gasteiger partial charge in [0, 0.05) is 5.56 Å². The first kappa shape index (κ1) is 11.8. The van der Waals surface area contributed by atoms with E-state index in [2.05, 4.69) is 32.6 Å². The largest absolute Gasteiger partial charge is 0.273 e. The number of rotatable bonds is 3. The predicted molar refractivity (Wildman–Crippen MR) is 80.7 cm³/mol. The number of fused-ring (bicyclic) bond motifs is 1. The van der Waals surface area contributed by atoms with Crippen molar-refractivity contribution in [3.05, 3.63) is 66.2 Å². The van der Waals surface area contributed by atoms with E-state index in [4.69, 9.17) is 0 Å². The van der Waals surface area contributed by atoms with Gasteiger partial charge in [-0.05, 0) is 5.56 Å². The molecule has 0 saturated heterocycles. The van der Waals surface area contributed by atoms with Crippen LogP contribution < -0.4 is 0 Å². The van der Waals surface area contributed by atoms with Gasteiger partial charge < -0.3 is 0 Å². The third-order valence-corrected chi connectivity index (χ3v) is 3.46. The predicted octanol–water partition coefficient (Wildman–Crippen LogP) is 2.87.